The van der Waals surface area contributed by atoms with E-state index >= 15 is 0 Å². The third-order valence-corrected chi connectivity index (χ3v) is 4.99. The van der Waals surface area contributed by atoms with E-state index in [2.05, 4.69) is 75.9 Å². The van der Waals surface area contributed by atoms with Crippen LogP contribution in [-0.2, 0) is 0 Å². The van der Waals surface area contributed by atoms with Crippen molar-refractivity contribution in [1.29, 1.82) is 0 Å². The molecule has 4 rings (SSSR count). The summed E-state index contributed by atoms with van der Waals surface area (Å²) in [5, 5.41) is 0. The van der Waals surface area contributed by atoms with Gasteiger partial charge in [0.15, 0.2) is 4.96 Å². The Morgan fingerprint density at radius 2 is 2.00 bits per heavy atom. The zero-order chi connectivity index (χ0) is 13.7. The summed E-state index contributed by atoms with van der Waals surface area (Å²) in [7, 11) is 0. The first-order chi connectivity index (χ1) is 9.72. The second-order valence-electron chi connectivity index (χ2n) is 4.81. The van der Waals surface area contributed by atoms with Gasteiger partial charge in [-0.15, -0.1) is 0 Å². The number of hydrogen-bond donors (Lipinski definition) is 0. The lowest BCUT2D eigenvalue weighted by molar-refractivity contribution is 1.30. The van der Waals surface area contributed by atoms with Gasteiger partial charge in [0.25, 0.3) is 0 Å². The fraction of sp³-hybridized carbons (Fsp3) is 0.0625. The van der Waals surface area contributed by atoms with Crippen molar-refractivity contribution in [2.24, 2.45) is 0 Å². The Hall–Kier alpha value is -1.65. The van der Waals surface area contributed by atoms with E-state index in [-0.39, 0.29) is 0 Å². The van der Waals surface area contributed by atoms with Crippen LogP contribution in [0.1, 0.15) is 5.56 Å². The number of imidazole rings is 1. The molecule has 0 atom stereocenters. The molecule has 4 heteroatoms. The van der Waals surface area contributed by atoms with E-state index in [4.69, 9.17) is 4.98 Å². The third kappa shape index (κ3) is 1.79. The van der Waals surface area contributed by atoms with Crippen molar-refractivity contribution in [3.8, 4) is 11.3 Å². The van der Waals surface area contributed by atoms with Crippen molar-refractivity contribution in [2.45, 2.75) is 6.92 Å². The monoisotopic (exact) mass is 342 g/mol. The topological polar surface area (TPSA) is 17.3 Å². The van der Waals surface area contributed by atoms with Crippen LogP contribution in [0.3, 0.4) is 0 Å². The van der Waals surface area contributed by atoms with Crippen LogP contribution in [0, 0.1) is 6.92 Å². The number of hydrogen-bond acceptors (Lipinski definition) is 2. The Kier molecular flexibility index (Phi) is 2.69. The average Bonchev–Trinajstić information content (AvgIpc) is 2.96. The zero-order valence-corrected chi connectivity index (χ0v) is 13.2. The SMILES string of the molecule is Cc1ccccc1-c1cn2c(n1)sc1cc(Br)ccc12. The van der Waals surface area contributed by atoms with Gasteiger partial charge in [0, 0.05) is 16.2 Å². The lowest BCUT2D eigenvalue weighted by Crippen LogP contribution is -1.82. The first-order valence-electron chi connectivity index (χ1n) is 6.35. The van der Waals surface area contributed by atoms with Crippen LogP contribution in [0.15, 0.2) is 53.1 Å². The largest absolute Gasteiger partial charge is 0.290 e. The minimum Gasteiger partial charge on any atom is -0.290 e. The van der Waals surface area contributed by atoms with Crippen molar-refractivity contribution in [3.05, 3.63) is 58.7 Å². The molecule has 0 aliphatic heterocycles. The molecule has 2 aromatic carbocycles. The standard InChI is InChI=1S/C16H11BrN2S/c1-10-4-2-3-5-12(10)13-9-19-14-7-6-11(17)8-15(14)20-16(19)18-13/h2-9H,1H3. The smallest absolute Gasteiger partial charge is 0.195 e. The molecule has 0 amide bonds. The van der Waals surface area contributed by atoms with E-state index < -0.39 is 0 Å². The van der Waals surface area contributed by atoms with Gasteiger partial charge in [0.2, 0.25) is 0 Å². The Bertz CT molecular complexity index is 936. The van der Waals surface area contributed by atoms with Crippen molar-refractivity contribution in [1.82, 2.24) is 9.38 Å². The van der Waals surface area contributed by atoms with Crippen LogP contribution < -0.4 is 0 Å². The first kappa shape index (κ1) is 12.1. The molecule has 0 aliphatic carbocycles. The van der Waals surface area contributed by atoms with Gasteiger partial charge in [-0.2, -0.15) is 0 Å². The van der Waals surface area contributed by atoms with E-state index in [9.17, 15) is 0 Å². The normalized spacial score (nSPS) is 11.5. The Balaban J connectivity index is 1.98. The molecule has 98 valence electrons. The molecule has 0 saturated carbocycles. The maximum atomic E-state index is 4.78. The van der Waals surface area contributed by atoms with Crippen molar-refractivity contribution in [3.63, 3.8) is 0 Å². The van der Waals surface area contributed by atoms with Gasteiger partial charge in [-0.25, -0.2) is 4.98 Å². The van der Waals surface area contributed by atoms with Gasteiger partial charge >= 0.3 is 0 Å². The van der Waals surface area contributed by atoms with Crippen LogP contribution in [0.25, 0.3) is 26.4 Å². The van der Waals surface area contributed by atoms with E-state index in [0.29, 0.717) is 0 Å². The summed E-state index contributed by atoms with van der Waals surface area (Å²) in [6, 6.07) is 14.7. The third-order valence-electron chi connectivity index (χ3n) is 3.48. The highest BCUT2D eigenvalue weighted by atomic mass is 79.9. The number of aromatic nitrogens is 2. The van der Waals surface area contributed by atoms with Gasteiger partial charge in [-0.05, 0) is 30.7 Å². The summed E-state index contributed by atoms with van der Waals surface area (Å²) in [6.45, 7) is 2.12. The van der Waals surface area contributed by atoms with Crippen molar-refractivity contribution >= 4 is 42.4 Å². The van der Waals surface area contributed by atoms with Crippen LogP contribution in [0.4, 0.5) is 0 Å². The minimum atomic E-state index is 1.04. The molecule has 2 heterocycles. The predicted octanol–water partition coefficient (Wildman–Crippen LogP) is 5.29. The van der Waals surface area contributed by atoms with Crippen LogP contribution >= 0.6 is 27.3 Å². The molecule has 2 nitrogen and oxygen atoms in total. The lowest BCUT2D eigenvalue weighted by atomic mass is 10.1. The molecule has 0 N–H and O–H groups in total. The van der Waals surface area contributed by atoms with E-state index in [1.165, 1.54) is 21.3 Å². The molecular weight excluding hydrogens is 332 g/mol. The molecule has 20 heavy (non-hydrogen) atoms. The Morgan fingerprint density at radius 3 is 2.85 bits per heavy atom. The minimum absolute atomic E-state index is 1.04. The van der Waals surface area contributed by atoms with Crippen LogP contribution in [0.5, 0.6) is 0 Å². The van der Waals surface area contributed by atoms with Crippen LogP contribution in [-0.4, -0.2) is 9.38 Å². The number of nitrogens with zero attached hydrogens (tertiary/aromatic N) is 2. The zero-order valence-electron chi connectivity index (χ0n) is 10.8. The number of fused-ring (bicyclic) bond motifs is 3. The summed E-state index contributed by atoms with van der Waals surface area (Å²) in [4.78, 5) is 5.82. The lowest BCUT2D eigenvalue weighted by Gasteiger charge is -2.00. The molecule has 0 fully saturated rings. The molecule has 4 aromatic rings. The number of halogens is 1. The second kappa shape index (κ2) is 4.43. The van der Waals surface area contributed by atoms with E-state index in [0.717, 1.165) is 15.1 Å². The molecule has 2 aromatic heterocycles. The van der Waals surface area contributed by atoms with Gasteiger partial charge in [-0.1, -0.05) is 51.5 Å². The summed E-state index contributed by atoms with van der Waals surface area (Å²) < 4.78 is 4.53. The molecule has 0 unspecified atom stereocenters. The molecule has 0 spiro atoms. The van der Waals surface area contributed by atoms with Gasteiger partial charge < -0.3 is 0 Å². The highest BCUT2D eigenvalue weighted by Crippen LogP contribution is 2.31. The summed E-state index contributed by atoms with van der Waals surface area (Å²) in [5.41, 5.74) is 4.71. The van der Waals surface area contributed by atoms with Gasteiger partial charge in [-0.3, -0.25) is 4.40 Å². The highest BCUT2D eigenvalue weighted by molar-refractivity contribution is 9.10. The Labute approximate surface area is 128 Å². The highest BCUT2D eigenvalue weighted by Gasteiger charge is 2.11. The maximum Gasteiger partial charge on any atom is 0.195 e. The number of rotatable bonds is 1. The second-order valence-corrected chi connectivity index (χ2v) is 6.73. The quantitative estimate of drug-likeness (QED) is 0.459. The van der Waals surface area contributed by atoms with Crippen molar-refractivity contribution in [2.75, 3.05) is 0 Å². The van der Waals surface area contributed by atoms with Crippen molar-refractivity contribution < 1.29 is 0 Å². The fourth-order valence-corrected chi connectivity index (χ4v) is 4.02. The fourth-order valence-electron chi connectivity index (χ4n) is 2.47. The Morgan fingerprint density at radius 1 is 1.15 bits per heavy atom. The number of aryl methyl sites for hydroxylation is 1. The summed E-state index contributed by atoms with van der Waals surface area (Å²) in [5.74, 6) is 0. The number of benzene rings is 2. The molecule has 0 saturated heterocycles. The molecule has 0 aliphatic rings. The van der Waals surface area contributed by atoms with Gasteiger partial charge in [0.1, 0.15) is 0 Å². The molecular formula is C16H11BrN2S. The van der Waals surface area contributed by atoms with E-state index in [1.54, 1.807) is 11.3 Å². The summed E-state index contributed by atoms with van der Waals surface area (Å²) in [6.07, 6.45) is 2.13. The van der Waals surface area contributed by atoms with Gasteiger partial charge in [0.05, 0.1) is 15.9 Å². The first-order valence-corrected chi connectivity index (χ1v) is 7.96. The maximum absolute atomic E-state index is 4.78. The number of thiazole rings is 1. The summed E-state index contributed by atoms with van der Waals surface area (Å²) >= 11 is 5.23. The molecule has 0 bridgehead atoms. The molecule has 0 radical (unpaired) electrons. The van der Waals surface area contributed by atoms with Crippen LogP contribution in [0.2, 0.25) is 0 Å². The average molecular weight is 343 g/mol. The predicted molar refractivity (Wildman–Crippen MR) is 88.4 cm³/mol. The van der Waals surface area contributed by atoms with E-state index in [1.807, 2.05) is 0 Å².